The second kappa shape index (κ2) is 12.1. The molecule has 0 bridgehead atoms. The second-order valence-corrected chi connectivity index (χ2v) is 5.65. The molecule has 24 heavy (non-hydrogen) atoms. The summed E-state index contributed by atoms with van der Waals surface area (Å²) >= 11 is 1.48. The minimum Gasteiger partial charge on any atom is -0.361 e. The van der Waals surface area contributed by atoms with Crippen LogP contribution < -0.4 is 10.6 Å². The van der Waals surface area contributed by atoms with Crippen molar-refractivity contribution in [2.75, 3.05) is 19.6 Å². The van der Waals surface area contributed by atoms with Crippen molar-refractivity contribution >= 4 is 42.5 Å². The fourth-order valence-electron chi connectivity index (χ4n) is 1.84. The molecule has 0 radical (unpaired) electrons. The molecule has 0 aliphatic rings. The van der Waals surface area contributed by atoms with Gasteiger partial charge in [-0.3, -0.25) is 4.79 Å². The molecule has 2 aromatic heterocycles. The Morgan fingerprint density at radius 3 is 2.79 bits per heavy atom. The minimum atomic E-state index is -0.107. The first kappa shape index (κ1) is 22.7. The van der Waals surface area contributed by atoms with Crippen molar-refractivity contribution in [2.24, 2.45) is 0 Å². The number of carbonyl (C=O) groups excluding carboxylic acids is 1. The summed E-state index contributed by atoms with van der Waals surface area (Å²) in [7, 11) is 0. The molecule has 0 saturated heterocycles. The zero-order valence-corrected chi connectivity index (χ0v) is 16.0. The molecule has 0 atom stereocenters. The number of hydrogen-bond acceptors (Lipinski definition) is 6. The molecule has 0 aliphatic heterocycles. The number of pyridine rings is 1. The lowest BCUT2D eigenvalue weighted by Crippen LogP contribution is -2.32. The maximum absolute atomic E-state index is 12.2. The maximum atomic E-state index is 12.2. The zero-order chi connectivity index (χ0) is 15.8. The average Bonchev–Trinajstić information content (AvgIpc) is 2.95. The van der Waals surface area contributed by atoms with Crippen molar-refractivity contribution < 1.29 is 9.32 Å². The monoisotopic (exact) mass is 392 g/mol. The molecule has 2 aromatic rings. The highest BCUT2D eigenvalue weighted by Crippen LogP contribution is 2.23. The first-order chi connectivity index (χ1) is 10.7. The van der Waals surface area contributed by atoms with Gasteiger partial charge < -0.3 is 15.2 Å². The van der Waals surface area contributed by atoms with Crippen LogP contribution in [0.4, 0.5) is 0 Å². The lowest BCUT2D eigenvalue weighted by molar-refractivity contribution is 0.0950. The molecule has 6 nitrogen and oxygen atoms in total. The first-order valence-electron chi connectivity index (χ1n) is 7.19. The molecule has 134 valence electrons. The summed E-state index contributed by atoms with van der Waals surface area (Å²) in [4.78, 5) is 16.5. The van der Waals surface area contributed by atoms with E-state index in [2.05, 4.69) is 20.8 Å². The van der Waals surface area contributed by atoms with Crippen LogP contribution >= 0.6 is 36.6 Å². The maximum Gasteiger partial charge on any atom is 0.254 e. The fraction of sp³-hybridized carbons (Fsp3) is 0.400. The van der Waals surface area contributed by atoms with E-state index in [4.69, 9.17) is 4.52 Å². The quantitative estimate of drug-likeness (QED) is 0.530. The van der Waals surface area contributed by atoms with Gasteiger partial charge in [0.05, 0.1) is 11.3 Å². The van der Waals surface area contributed by atoms with Crippen LogP contribution in [-0.2, 0) is 5.75 Å². The van der Waals surface area contributed by atoms with Gasteiger partial charge in [-0.2, -0.15) is 0 Å². The molecule has 0 fully saturated rings. The van der Waals surface area contributed by atoms with Gasteiger partial charge in [0, 0.05) is 31.1 Å². The van der Waals surface area contributed by atoms with Crippen LogP contribution in [-0.4, -0.2) is 35.7 Å². The Labute approximate surface area is 158 Å². The number of hydrogen-bond donors (Lipinski definition) is 2. The number of carbonyl (C=O) groups is 1. The van der Waals surface area contributed by atoms with E-state index in [9.17, 15) is 4.79 Å². The Balaban J connectivity index is 0.00000264. The van der Waals surface area contributed by atoms with Crippen molar-refractivity contribution in [1.29, 1.82) is 0 Å². The number of halogens is 2. The normalized spacial score (nSPS) is 9.75. The number of nitrogens with zero attached hydrogens (tertiary/aromatic N) is 2. The molecule has 9 heteroatoms. The average molecular weight is 393 g/mol. The lowest BCUT2D eigenvalue weighted by atomic mass is 10.2. The van der Waals surface area contributed by atoms with E-state index in [1.807, 2.05) is 19.9 Å². The highest BCUT2D eigenvalue weighted by molar-refractivity contribution is 7.98. The highest BCUT2D eigenvalue weighted by Gasteiger charge is 2.13. The van der Waals surface area contributed by atoms with Gasteiger partial charge >= 0.3 is 0 Å². The molecule has 2 rings (SSSR count). The fourth-order valence-corrected chi connectivity index (χ4v) is 2.72. The standard InChI is InChI=1S/C15H20N4O2S.2ClH/c1-3-16-7-8-17-14(20)13-5-4-6-18-15(13)22-10-12-9-11(2)21-19-12;;/h4-6,9,16H,3,7-8,10H2,1-2H3,(H,17,20);2*1H. The largest absolute Gasteiger partial charge is 0.361 e. The Kier molecular flexibility index (Phi) is 11.5. The van der Waals surface area contributed by atoms with Gasteiger partial charge in [0.15, 0.2) is 0 Å². The van der Waals surface area contributed by atoms with E-state index >= 15 is 0 Å². The van der Waals surface area contributed by atoms with Crippen molar-refractivity contribution in [1.82, 2.24) is 20.8 Å². The predicted octanol–water partition coefficient (Wildman–Crippen LogP) is 2.85. The van der Waals surface area contributed by atoms with Gasteiger partial charge in [-0.25, -0.2) is 4.98 Å². The van der Waals surface area contributed by atoms with Crippen LogP contribution in [0.3, 0.4) is 0 Å². The molecule has 0 aliphatic carbocycles. The van der Waals surface area contributed by atoms with Crippen LogP contribution in [0.5, 0.6) is 0 Å². The molecule has 2 N–H and O–H groups in total. The Morgan fingerprint density at radius 2 is 2.12 bits per heavy atom. The third-order valence-corrected chi connectivity index (χ3v) is 3.93. The number of thioether (sulfide) groups is 1. The third-order valence-electron chi connectivity index (χ3n) is 2.89. The Morgan fingerprint density at radius 1 is 1.33 bits per heavy atom. The molecule has 0 saturated carbocycles. The zero-order valence-electron chi connectivity index (χ0n) is 13.6. The molecule has 0 aromatic carbocycles. The van der Waals surface area contributed by atoms with E-state index in [0.717, 1.165) is 24.5 Å². The van der Waals surface area contributed by atoms with Gasteiger partial charge in [0.25, 0.3) is 5.91 Å². The van der Waals surface area contributed by atoms with E-state index in [1.165, 1.54) is 11.8 Å². The number of amides is 1. The van der Waals surface area contributed by atoms with Crippen LogP contribution in [0.15, 0.2) is 33.9 Å². The topological polar surface area (TPSA) is 80.0 Å². The summed E-state index contributed by atoms with van der Waals surface area (Å²) < 4.78 is 5.04. The van der Waals surface area contributed by atoms with Crippen LogP contribution in [0.25, 0.3) is 0 Å². The highest BCUT2D eigenvalue weighted by atomic mass is 35.5. The molecule has 0 spiro atoms. The molecular weight excluding hydrogens is 371 g/mol. The Bertz CT molecular complexity index is 625. The molecule has 1 amide bonds. The predicted molar refractivity (Wildman–Crippen MR) is 100 cm³/mol. The number of aromatic nitrogens is 2. The van der Waals surface area contributed by atoms with E-state index < -0.39 is 0 Å². The van der Waals surface area contributed by atoms with Crippen molar-refractivity contribution in [2.45, 2.75) is 24.6 Å². The summed E-state index contributed by atoms with van der Waals surface area (Å²) in [6, 6.07) is 5.43. The van der Waals surface area contributed by atoms with Gasteiger partial charge in [0.1, 0.15) is 10.8 Å². The number of likely N-dealkylation sites (N-methyl/N-ethyl adjacent to an activating group) is 1. The molecular formula is C15H22Cl2N4O2S. The van der Waals surface area contributed by atoms with E-state index in [0.29, 0.717) is 22.9 Å². The smallest absolute Gasteiger partial charge is 0.254 e. The van der Waals surface area contributed by atoms with E-state index in [-0.39, 0.29) is 30.7 Å². The van der Waals surface area contributed by atoms with Crippen molar-refractivity contribution in [3.63, 3.8) is 0 Å². The SMILES string of the molecule is CCNCCNC(=O)c1cccnc1SCc1cc(C)on1.Cl.Cl. The number of aryl methyl sites for hydroxylation is 1. The summed E-state index contributed by atoms with van der Waals surface area (Å²) in [6.07, 6.45) is 1.69. The van der Waals surface area contributed by atoms with Gasteiger partial charge in [-0.1, -0.05) is 23.8 Å². The van der Waals surface area contributed by atoms with Crippen molar-refractivity contribution in [3.8, 4) is 0 Å². The van der Waals surface area contributed by atoms with Gasteiger partial charge in [0.2, 0.25) is 0 Å². The van der Waals surface area contributed by atoms with Gasteiger partial charge in [-0.05, 0) is 25.6 Å². The number of rotatable bonds is 8. The van der Waals surface area contributed by atoms with E-state index in [1.54, 1.807) is 18.3 Å². The first-order valence-corrected chi connectivity index (χ1v) is 8.18. The summed E-state index contributed by atoms with van der Waals surface area (Å²) in [5.41, 5.74) is 1.43. The molecule has 2 heterocycles. The molecule has 0 unspecified atom stereocenters. The third kappa shape index (κ3) is 7.09. The number of nitrogens with one attached hydrogen (secondary N) is 2. The van der Waals surface area contributed by atoms with Crippen LogP contribution in [0.2, 0.25) is 0 Å². The summed E-state index contributed by atoms with van der Waals surface area (Å²) in [5, 5.41) is 10.7. The summed E-state index contributed by atoms with van der Waals surface area (Å²) in [6.45, 7) is 6.12. The van der Waals surface area contributed by atoms with Crippen molar-refractivity contribution in [3.05, 3.63) is 41.4 Å². The van der Waals surface area contributed by atoms with Crippen LogP contribution in [0.1, 0.15) is 28.7 Å². The minimum absolute atomic E-state index is 0. The van der Waals surface area contributed by atoms with Crippen LogP contribution in [0, 0.1) is 6.92 Å². The summed E-state index contributed by atoms with van der Waals surface area (Å²) in [5.74, 6) is 1.29. The Hall–Kier alpha value is -1.28. The van der Waals surface area contributed by atoms with Gasteiger partial charge in [-0.15, -0.1) is 24.8 Å². The second-order valence-electron chi connectivity index (χ2n) is 4.68. The lowest BCUT2D eigenvalue weighted by Gasteiger charge is -2.08.